The summed E-state index contributed by atoms with van der Waals surface area (Å²) in [4.78, 5) is 13.1. The van der Waals surface area contributed by atoms with E-state index in [1.165, 1.54) is 0 Å². The molecule has 18 heavy (non-hydrogen) atoms. The van der Waals surface area contributed by atoms with Crippen LogP contribution < -0.4 is 0 Å². The molecule has 1 saturated heterocycles. The number of ether oxygens (including phenoxy) is 2. The number of likely N-dealkylation sites (tertiary alicyclic amines) is 1. The largest absolute Gasteiger partial charge is 0.480 e. The van der Waals surface area contributed by atoms with Crippen LogP contribution in [-0.2, 0) is 14.3 Å². The fourth-order valence-electron chi connectivity index (χ4n) is 2.40. The third kappa shape index (κ3) is 4.92. The van der Waals surface area contributed by atoms with Crippen molar-refractivity contribution in [3.63, 3.8) is 0 Å². The topological polar surface area (TPSA) is 59.0 Å². The second-order valence-corrected chi connectivity index (χ2v) is 4.71. The lowest BCUT2D eigenvalue weighted by Gasteiger charge is -2.35. The molecular weight excluding hydrogens is 234 g/mol. The van der Waals surface area contributed by atoms with Crippen molar-refractivity contribution in [2.75, 3.05) is 33.4 Å². The highest BCUT2D eigenvalue weighted by atomic mass is 16.5. The van der Waals surface area contributed by atoms with E-state index in [9.17, 15) is 4.79 Å². The average Bonchev–Trinajstić information content (AvgIpc) is 2.37. The third-order valence-electron chi connectivity index (χ3n) is 3.44. The third-order valence-corrected chi connectivity index (χ3v) is 3.44. The maximum atomic E-state index is 11.1. The van der Waals surface area contributed by atoms with E-state index < -0.39 is 5.97 Å². The molecule has 106 valence electrons. The van der Waals surface area contributed by atoms with E-state index in [2.05, 4.69) is 4.90 Å². The number of carboxylic acids is 1. The second kappa shape index (κ2) is 8.45. The normalized spacial score (nSPS) is 19.9. The van der Waals surface area contributed by atoms with Crippen LogP contribution in [0.15, 0.2) is 0 Å². The van der Waals surface area contributed by atoms with Crippen molar-refractivity contribution in [2.24, 2.45) is 0 Å². The smallest absolute Gasteiger partial charge is 0.320 e. The first kappa shape index (κ1) is 15.4. The Bertz CT molecular complexity index is 239. The molecule has 0 bridgehead atoms. The van der Waals surface area contributed by atoms with Gasteiger partial charge in [-0.05, 0) is 25.7 Å². The fraction of sp³-hybridized carbons (Fsp3) is 0.923. The zero-order valence-electron chi connectivity index (χ0n) is 11.4. The summed E-state index contributed by atoms with van der Waals surface area (Å²) in [5.41, 5.74) is 0. The predicted octanol–water partition coefficient (Wildman–Crippen LogP) is 1.37. The lowest BCUT2D eigenvalue weighted by Crippen LogP contribution is -2.46. The van der Waals surface area contributed by atoms with Crippen molar-refractivity contribution in [3.05, 3.63) is 0 Å². The van der Waals surface area contributed by atoms with Gasteiger partial charge in [0.25, 0.3) is 0 Å². The summed E-state index contributed by atoms with van der Waals surface area (Å²) < 4.78 is 10.7. The standard InChI is InChI=1S/C13H25NO4/c1-3-12(13(15)16)14-7-5-11(6-8-14)18-10-4-9-17-2/h11-12H,3-10H2,1-2H3,(H,15,16). The molecule has 0 amide bonds. The van der Waals surface area contributed by atoms with Crippen molar-refractivity contribution in [1.82, 2.24) is 4.90 Å². The zero-order chi connectivity index (χ0) is 13.4. The van der Waals surface area contributed by atoms with Crippen LogP contribution in [0.2, 0.25) is 0 Å². The monoisotopic (exact) mass is 259 g/mol. The lowest BCUT2D eigenvalue weighted by molar-refractivity contribution is -0.144. The van der Waals surface area contributed by atoms with Crippen LogP contribution in [0.3, 0.4) is 0 Å². The summed E-state index contributed by atoms with van der Waals surface area (Å²) in [6.07, 6.45) is 3.72. The van der Waals surface area contributed by atoms with E-state index in [-0.39, 0.29) is 12.1 Å². The number of nitrogens with zero attached hydrogens (tertiary/aromatic N) is 1. The summed E-state index contributed by atoms with van der Waals surface area (Å²) >= 11 is 0. The van der Waals surface area contributed by atoms with Gasteiger partial charge in [0.1, 0.15) is 6.04 Å². The Labute approximate surface area is 109 Å². The van der Waals surface area contributed by atoms with E-state index in [1.807, 2.05) is 6.92 Å². The number of carboxylic acid groups (broad SMARTS) is 1. The van der Waals surface area contributed by atoms with E-state index in [4.69, 9.17) is 14.6 Å². The van der Waals surface area contributed by atoms with Crippen molar-refractivity contribution in [1.29, 1.82) is 0 Å². The molecule has 1 N–H and O–H groups in total. The number of aliphatic carboxylic acids is 1. The molecule has 0 aliphatic carbocycles. The zero-order valence-corrected chi connectivity index (χ0v) is 11.4. The van der Waals surface area contributed by atoms with E-state index >= 15 is 0 Å². The minimum Gasteiger partial charge on any atom is -0.480 e. The van der Waals surface area contributed by atoms with E-state index in [1.54, 1.807) is 7.11 Å². The minimum absolute atomic E-state index is 0.282. The molecule has 1 fully saturated rings. The van der Waals surface area contributed by atoms with E-state index in [0.717, 1.165) is 45.6 Å². The molecule has 0 radical (unpaired) electrons. The number of hydrogen-bond acceptors (Lipinski definition) is 4. The molecule has 0 aromatic rings. The highest BCUT2D eigenvalue weighted by molar-refractivity contribution is 5.73. The van der Waals surface area contributed by atoms with Gasteiger partial charge in [0.2, 0.25) is 0 Å². The van der Waals surface area contributed by atoms with Crippen LogP contribution in [-0.4, -0.2) is 61.5 Å². The van der Waals surface area contributed by atoms with Gasteiger partial charge < -0.3 is 14.6 Å². The molecule has 1 rings (SSSR count). The van der Waals surface area contributed by atoms with Crippen LogP contribution in [0, 0.1) is 0 Å². The SMILES string of the molecule is CCC(C(=O)O)N1CCC(OCCCOC)CC1. The first-order valence-electron chi connectivity index (χ1n) is 6.76. The Morgan fingerprint density at radius 3 is 2.56 bits per heavy atom. The summed E-state index contributed by atoms with van der Waals surface area (Å²) in [7, 11) is 1.69. The highest BCUT2D eigenvalue weighted by Crippen LogP contribution is 2.17. The van der Waals surface area contributed by atoms with Crippen LogP contribution in [0.5, 0.6) is 0 Å². The molecule has 1 heterocycles. The first-order chi connectivity index (χ1) is 8.69. The van der Waals surface area contributed by atoms with Crippen LogP contribution in [0.1, 0.15) is 32.6 Å². The quantitative estimate of drug-likeness (QED) is 0.667. The van der Waals surface area contributed by atoms with Crippen molar-refractivity contribution in [2.45, 2.75) is 44.8 Å². The van der Waals surface area contributed by atoms with Gasteiger partial charge in [-0.1, -0.05) is 6.92 Å². The molecule has 1 unspecified atom stereocenters. The highest BCUT2D eigenvalue weighted by Gasteiger charge is 2.28. The number of piperidine rings is 1. The number of methoxy groups -OCH3 is 1. The van der Waals surface area contributed by atoms with Gasteiger partial charge in [0.15, 0.2) is 0 Å². The number of carbonyl (C=O) groups is 1. The Balaban J connectivity index is 2.21. The van der Waals surface area contributed by atoms with Gasteiger partial charge >= 0.3 is 5.97 Å². The maximum absolute atomic E-state index is 11.1. The first-order valence-corrected chi connectivity index (χ1v) is 6.76. The van der Waals surface area contributed by atoms with Gasteiger partial charge in [0.05, 0.1) is 6.10 Å². The van der Waals surface area contributed by atoms with Gasteiger partial charge in [-0.25, -0.2) is 0 Å². The minimum atomic E-state index is -0.711. The van der Waals surface area contributed by atoms with Crippen LogP contribution in [0.25, 0.3) is 0 Å². The Hall–Kier alpha value is -0.650. The summed E-state index contributed by atoms with van der Waals surface area (Å²) in [6.45, 7) is 5.02. The molecular formula is C13H25NO4. The van der Waals surface area contributed by atoms with Crippen LogP contribution in [0.4, 0.5) is 0 Å². The fourth-order valence-corrected chi connectivity index (χ4v) is 2.40. The lowest BCUT2D eigenvalue weighted by atomic mass is 10.0. The summed E-state index contributed by atoms with van der Waals surface area (Å²) in [5.74, 6) is -0.711. The molecule has 0 spiro atoms. The summed E-state index contributed by atoms with van der Waals surface area (Å²) in [5, 5.41) is 9.11. The summed E-state index contributed by atoms with van der Waals surface area (Å²) in [6, 6.07) is -0.334. The van der Waals surface area contributed by atoms with Gasteiger partial charge in [0, 0.05) is 33.4 Å². The Morgan fingerprint density at radius 2 is 2.06 bits per heavy atom. The Morgan fingerprint density at radius 1 is 1.39 bits per heavy atom. The molecule has 1 aliphatic heterocycles. The molecule has 0 saturated carbocycles. The van der Waals surface area contributed by atoms with Crippen molar-refractivity contribution >= 4 is 5.97 Å². The van der Waals surface area contributed by atoms with Crippen LogP contribution >= 0.6 is 0 Å². The number of hydrogen-bond donors (Lipinski definition) is 1. The molecule has 1 aliphatic rings. The molecule has 0 aromatic heterocycles. The van der Waals surface area contributed by atoms with Crippen molar-refractivity contribution < 1.29 is 19.4 Å². The van der Waals surface area contributed by atoms with E-state index in [0.29, 0.717) is 6.42 Å². The Kier molecular flexibility index (Phi) is 7.23. The predicted molar refractivity (Wildman–Crippen MR) is 68.8 cm³/mol. The maximum Gasteiger partial charge on any atom is 0.320 e. The average molecular weight is 259 g/mol. The van der Waals surface area contributed by atoms with Crippen molar-refractivity contribution in [3.8, 4) is 0 Å². The molecule has 0 aromatic carbocycles. The number of rotatable bonds is 8. The molecule has 5 heteroatoms. The van der Waals surface area contributed by atoms with Gasteiger partial charge in [-0.2, -0.15) is 0 Å². The second-order valence-electron chi connectivity index (χ2n) is 4.71. The van der Waals surface area contributed by atoms with Gasteiger partial charge in [-0.15, -0.1) is 0 Å². The van der Waals surface area contributed by atoms with Gasteiger partial charge in [-0.3, -0.25) is 9.69 Å². The molecule has 1 atom stereocenters. The molecule has 5 nitrogen and oxygen atoms in total.